The van der Waals surface area contributed by atoms with E-state index in [2.05, 4.69) is 113 Å². The molecule has 4 N–H and O–H groups in total. The summed E-state index contributed by atoms with van der Waals surface area (Å²) >= 11 is 0. The van der Waals surface area contributed by atoms with E-state index in [1.165, 1.54) is 107 Å². The summed E-state index contributed by atoms with van der Waals surface area (Å²) in [6.07, 6.45) is 20.2. The van der Waals surface area contributed by atoms with Gasteiger partial charge in [-0.25, -0.2) is 9.68 Å². The predicted molar refractivity (Wildman–Crippen MR) is 318 cm³/mol. The summed E-state index contributed by atoms with van der Waals surface area (Å²) < 4.78 is 14.3. The molecule has 14 heteroatoms. The number of benzene rings is 2. The van der Waals surface area contributed by atoms with Gasteiger partial charge in [0.15, 0.2) is 0 Å². The molecule has 0 aromatic heterocycles. The minimum absolute atomic E-state index is 0. The number of likely N-dealkylation sites (N-methyl/N-ethyl adjacent to an activating group) is 1. The van der Waals surface area contributed by atoms with E-state index in [1.807, 2.05) is 35.6 Å². The third-order valence-electron chi connectivity index (χ3n) is 19.6. The Balaban J connectivity index is 0. The second-order valence-electron chi connectivity index (χ2n) is 25.0. The van der Waals surface area contributed by atoms with Crippen molar-refractivity contribution in [3.63, 3.8) is 0 Å². The van der Waals surface area contributed by atoms with E-state index < -0.39 is 23.4 Å². The summed E-state index contributed by atoms with van der Waals surface area (Å²) in [6, 6.07) is 16.4. The standard InChI is InChI=1S/C29H52O2.C10H20.C9H10O2.C9H12.C6H8N2O6.CH4.2CH3.2Y/c1-19(2)8-7-9-20(3)25-12-13-26-24-11-10-23-18-22(21(4)31-30)14-16-28(23,5)27(24)15-17-29(25,26)6;1-5-10-8(3)6-7(2)9(10)4;1-2-4-8(5-3-1)10-6-9-7-11-9;1-7-4-8(2)6-9(3)5-7;1-8-4(11)6(3(7)10,5(12)13)14-2-9;;;;;/h19-27,30H,7-18H2,1-6H3;7-10H,5-6H2,1-4H3;1-5,9H,6-7H2;4-6H,1-3H3;2H,1H3,(H4,7,8,10,11,12,13);1H4;2*1H3;;/q;;;;;;2*-1;;+3/p-1. The van der Waals surface area contributed by atoms with Crippen LogP contribution in [0.5, 0.6) is 5.75 Å². The molecular weight excluding hydrogens is 1160 g/mol. The molecule has 1 aliphatic heterocycles. The maximum absolute atomic E-state index is 11.0. The van der Waals surface area contributed by atoms with Crippen molar-refractivity contribution in [3.05, 3.63) is 85.8 Å². The van der Waals surface area contributed by atoms with Crippen molar-refractivity contribution >= 4 is 24.3 Å². The van der Waals surface area contributed by atoms with Gasteiger partial charge in [0.25, 0.3) is 12.4 Å². The molecule has 80 heavy (non-hydrogen) atoms. The molecule has 16 unspecified atom stereocenters. The van der Waals surface area contributed by atoms with Gasteiger partial charge in [-0.3, -0.25) is 14.8 Å². The average molecular weight is 1270 g/mol. The number of epoxide rings is 1. The minimum atomic E-state index is -3.11. The van der Waals surface area contributed by atoms with Gasteiger partial charge >= 0.3 is 44.3 Å². The number of amides is 2. The molecule has 6 aliphatic rings. The van der Waals surface area contributed by atoms with Crippen molar-refractivity contribution in [2.75, 3.05) is 20.3 Å². The van der Waals surface area contributed by atoms with Crippen LogP contribution in [0.25, 0.3) is 5.73 Å². The molecule has 2 aromatic carbocycles. The zero-order valence-electron chi connectivity index (χ0n) is 51.9. The number of ether oxygens (including phenoxy) is 3. The summed E-state index contributed by atoms with van der Waals surface area (Å²) in [4.78, 5) is 46.9. The maximum atomic E-state index is 11.0. The minimum Gasteiger partial charge on any atom is -0.663 e. The summed E-state index contributed by atoms with van der Waals surface area (Å²) in [6.45, 7) is 31.9. The Kier molecular flexibility index (Phi) is 37.7. The van der Waals surface area contributed by atoms with Crippen molar-refractivity contribution < 1.29 is 114 Å². The Labute approximate surface area is 537 Å². The molecule has 8 rings (SSSR count). The number of aryl methyl sites for hydroxylation is 3. The summed E-state index contributed by atoms with van der Waals surface area (Å²) in [7, 11) is 1.04. The second-order valence-corrected chi connectivity index (χ2v) is 25.0. The Morgan fingerprint density at radius 3 is 1.86 bits per heavy atom. The van der Waals surface area contributed by atoms with Crippen LogP contribution in [-0.4, -0.2) is 72.7 Å². The maximum Gasteiger partial charge on any atom is 3.00 e. The quantitative estimate of drug-likeness (QED) is 0.0365. The van der Waals surface area contributed by atoms with Crippen molar-refractivity contribution in [1.29, 1.82) is 0 Å². The van der Waals surface area contributed by atoms with E-state index in [0.717, 1.165) is 84.5 Å². The van der Waals surface area contributed by atoms with E-state index in [4.69, 9.17) is 25.2 Å². The summed E-state index contributed by atoms with van der Waals surface area (Å²) in [5.74, 6) is 6.65. The Morgan fingerprint density at radius 1 is 0.850 bits per heavy atom. The molecule has 16 atom stereocenters. The number of para-hydroxylation sites is 1. The second kappa shape index (κ2) is 37.6. The third-order valence-corrected chi connectivity index (χ3v) is 19.6. The molecule has 1 saturated heterocycles. The summed E-state index contributed by atoms with van der Waals surface area (Å²) in [5, 5.41) is 19.6. The first-order valence-electron chi connectivity index (χ1n) is 28.9. The monoisotopic (exact) mass is 1270 g/mol. The molecule has 6 fully saturated rings. The number of carbonyl (C=O) groups excluding carboxylic acids is 3. The fourth-order valence-corrected chi connectivity index (χ4v) is 15.3. The summed E-state index contributed by atoms with van der Waals surface area (Å²) in [5.41, 5.74) is 8.68. The van der Waals surface area contributed by atoms with Crippen LogP contribution in [0.15, 0.2) is 48.5 Å². The first-order valence-corrected chi connectivity index (χ1v) is 28.9. The number of carboxylic acids is 1. The molecule has 2 aromatic rings. The fourth-order valence-electron chi connectivity index (χ4n) is 15.3. The van der Waals surface area contributed by atoms with Crippen LogP contribution in [0.4, 0.5) is 0 Å². The van der Waals surface area contributed by atoms with Crippen molar-refractivity contribution in [2.24, 2.45) is 81.8 Å². The number of rotatable bonds is 16. The SMILES string of the molecule is C.CC(C)CCCC(C)C1CCC2C3CCC4CC(C(C)OO)CCC4(C)C3CCC12C.CCC1C(C)CC(C)C1C.CNC(=O)C(OC=O)(C([NH-])=O)C(=O)O.Cc1cc(C)cc(C)c1.[CH3-].[CH3-].[Y+3].[Y].c1ccc(OCC2CO2)cc1. The van der Waals surface area contributed by atoms with E-state index in [0.29, 0.717) is 29.5 Å². The van der Waals surface area contributed by atoms with Crippen LogP contribution in [-0.2, 0) is 99.0 Å². The van der Waals surface area contributed by atoms with Gasteiger partial charge in [-0.15, -0.1) is 0 Å². The first-order chi connectivity index (χ1) is 35.4. The van der Waals surface area contributed by atoms with E-state index >= 15 is 0 Å². The molecule has 0 spiro atoms. The predicted octanol–water partition coefficient (Wildman–Crippen LogP) is 15.8. The molecule has 2 amide bonds. The number of hydrogen-bond acceptors (Lipinski definition) is 9. The van der Waals surface area contributed by atoms with Crippen LogP contribution >= 0.6 is 0 Å². The van der Waals surface area contributed by atoms with Crippen LogP contribution < -0.4 is 10.1 Å². The Morgan fingerprint density at radius 2 is 1.41 bits per heavy atom. The van der Waals surface area contributed by atoms with Crippen molar-refractivity contribution in [2.45, 2.75) is 205 Å². The third kappa shape index (κ3) is 21.3. The molecule has 1 heterocycles. The van der Waals surface area contributed by atoms with Gasteiger partial charge in [0.2, 0.25) is 0 Å². The van der Waals surface area contributed by atoms with Crippen LogP contribution in [0, 0.1) is 117 Å². The number of nitrogens with one attached hydrogen (secondary N) is 2. The Hall–Kier alpha value is -1.79. The zero-order chi connectivity index (χ0) is 55.8. The molecule has 1 radical (unpaired) electrons. The molecule has 5 aliphatic carbocycles. The van der Waals surface area contributed by atoms with Crippen molar-refractivity contribution in [1.82, 2.24) is 5.32 Å². The van der Waals surface area contributed by atoms with Crippen LogP contribution in [0.3, 0.4) is 0 Å². The van der Waals surface area contributed by atoms with Gasteiger partial charge in [0.1, 0.15) is 24.4 Å². The van der Waals surface area contributed by atoms with E-state index in [-0.39, 0.29) is 100 Å². The normalized spacial score (nSPS) is 30.5. The topological polar surface area (TPSA) is 185 Å². The zero-order valence-corrected chi connectivity index (χ0v) is 57.6. The van der Waals surface area contributed by atoms with Gasteiger partial charge in [-0.05, 0) is 186 Å². The largest absolute Gasteiger partial charge is 3.00 e. The average Bonchev–Trinajstić information content (AvgIpc) is 4.07. The number of fused-ring (bicyclic) bond motifs is 5. The van der Waals surface area contributed by atoms with Crippen molar-refractivity contribution in [3.8, 4) is 5.75 Å². The number of carboxylic acid groups (broad SMARTS) is 1. The van der Waals surface area contributed by atoms with Crippen LogP contribution in [0.1, 0.15) is 183 Å². The fraction of sp³-hybridized carbons (Fsp3) is 0.727. The van der Waals surface area contributed by atoms with Gasteiger partial charge in [0.05, 0.1) is 12.7 Å². The molecule has 0 bridgehead atoms. The molecule has 12 nitrogen and oxygen atoms in total. The first kappa shape index (κ1) is 80.3. The van der Waals surface area contributed by atoms with Crippen LogP contribution in [0.2, 0.25) is 0 Å². The molecule has 5 saturated carbocycles. The van der Waals surface area contributed by atoms with E-state index in [9.17, 15) is 24.4 Å². The van der Waals surface area contributed by atoms with Gasteiger partial charge in [-0.1, -0.05) is 149 Å². The molecule has 451 valence electrons. The number of carbonyl (C=O) groups is 4. The molecular formula is C66H111N2O10Y2. The van der Waals surface area contributed by atoms with E-state index in [1.54, 1.807) is 0 Å². The smallest absolute Gasteiger partial charge is 0.663 e. The number of hydrogen-bond donors (Lipinski definition) is 3. The number of aliphatic carboxylic acids is 1. The van der Waals surface area contributed by atoms with Gasteiger partial charge in [0, 0.05) is 39.8 Å². The Bertz CT molecular complexity index is 2030. The van der Waals surface area contributed by atoms with Gasteiger partial charge < -0.3 is 50.0 Å². The van der Waals surface area contributed by atoms with Gasteiger partial charge in [-0.2, -0.15) is 0 Å².